The minimum absolute atomic E-state index is 0.0612. The third-order valence-corrected chi connectivity index (χ3v) is 4.27. The van der Waals surface area contributed by atoms with Crippen molar-refractivity contribution < 1.29 is 23.9 Å². The summed E-state index contributed by atoms with van der Waals surface area (Å²) in [6, 6.07) is 15.7. The average molecular weight is 396 g/mol. The predicted octanol–water partition coefficient (Wildman–Crippen LogP) is 3.53. The highest BCUT2D eigenvalue weighted by atomic mass is 32.1. The van der Waals surface area contributed by atoms with Crippen LogP contribution in [-0.4, -0.2) is 29.4 Å². The molecule has 7 nitrogen and oxygen atoms in total. The lowest BCUT2D eigenvalue weighted by Crippen LogP contribution is -2.21. The van der Waals surface area contributed by atoms with Gasteiger partial charge in [-0.1, -0.05) is 42.5 Å². The molecule has 0 aliphatic heterocycles. The molecule has 142 valence electrons. The molecular weight excluding hydrogens is 380 g/mol. The zero-order valence-corrected chi connectivity index (χ0v) is 15.7. The third kappa shape index (κ3) is 5.01. The molecule has 0 atom stereocenters. The minimum atomic E-state index is -0.767. The van der Waals surface area contributed by atoms with Crippen molar-refractivity contribution in [3.63, 3.8) is 0 Å². The lowest BCUT2D eigenvalue weighted by atomic mass is 10.2. The van der Waals surface area contributed by atoms with Crippen molar-refractivity contribution in [2.24, 2.45) is 0 Å². The number of anilines is 1. The molecule has 0 unspecified atom stereocenters. The molecule has 1 amide bonds. The van der Waals surface area contributed by atoms with Gasteiger partial charge in [0, 0.05) is 17.9 Å². The van der Waals surface area contributed by atoms with Gasteiger partial charge in [-0.15, -0.1) is 11.3 Å². The van der Waals surface area contributed by atoms with Crippen LogP contribution in [0.4, 0.5) is 5.13 Å². The third-order valence-electron chi connectivity index (χ3n) is 3.52. The van der Waals surface area contributed by atoms with Crippen molar-refractivity contribution in [1.29, 1.82) is 0 Å². The van der Waals surface area contributed by atoms with E-state index >= 15 is 0 Å². The Balaban J connectivity index is 1.57. The first-order valence-electron chi connectivity index (χ1n) is 8.28. The molecule has 1 N–H and O–H groups in total. The number of rotatable bonds is 6. The van der Waals surface area contributed by atoms with E-state index in [0.717, 1.165) is 11.3 Å². The number of aromatic nitrogens is 1. The summed E-state index contributed by atoms with van der Waals surface area (Å²) in [5.74, 6) is -1.77. The zero-order chi connectivity index (χ0) is 19.9. The van der Waals surface area contributed by atoms with Crippen molar-refractivity contribution in [3.05, 3.63) is 65.5 Å². The molecule has 0 saturated carbocycles. The fourth-order valence-electron chi connectivity index (χ4n) is 2.32. The van der Waals surface area contributed by atoms with Crippen LogP contribution in [0.2, 0.25) is 0 Å². The number of hydrogen-bond acceptors (Lipinski definition) is 7. The Morgan fingerprint density at radius 1 is 1.04 bits per heavy atom. The van der Waals surface area contributed by atoms with E-state index in [2.05, 4.69) is 10.3 Å². The number of hydrogen-bond donors (Lipinski definition) is 1. The standard InChI is InChI=1S/C20H16N2O5S/c1-13(23)27-17-10-6-5-9-15(17)19(25)26-11-18(24)22-20-21-16(12-28-20)14-7-3-2-4-8-14/h2-10,12H,11H2,1H3,(H,21,22,24). The fourth-order valence-corrected chi connectivity index (χ4v) is 3.05. The molecule has 0 saturated heterocycles. The molecule has 3 aromatic rings. The summed E-state index contributed by atoms with van der Waals surface area (Å²) in [6.07, 6.45) is 0. The van der Waals surface area contributed by atoms with Crippen LogP contribution in [0.15, 0.2) is 60.0 Å². The Bertz CT molecular complexity index is 1000. The van der Waals surface area contributed by atoms with Gasteiger partial charge in [0.25, 0.3) is 5.91 Å². The fraction of sp³-hybridized carbons (Fsp3) is 0.100. The number of para-hydroxylation sites is 1. The monoisotopic (exact) mass is 396 g/mol. The molecule has 2 aromatic carbocycles. The number of carbonyl (C=O) groups is 3. The van der Waals surface area contributed by atoms with E-state index in [1.165, 1.54) is 30.4 Å². The number of esters is 2. The van der Waals surface area contributed by atoms with E-state index in [-0.39, 0.29) is 11.3 Å². The molecule has 0 bridgehead atoms. The molecule has 0 aliphatic rings. The molecule has 0 aliphatic carbocycles. The summed E-state index contributed by atoms with van der Waals surface area (Å²) in [6.45, 7) is 0.737. The van der Waals surface area contributed by atoms with Crippen molar-refractivity contribution >= 4 is 34.3 Å². The second-order valence-electron chi connectivity index (χ2n) is 5.62. The second-order valence-corrected chi connectivity index (χ2v) is 6.48. The Labute approximate surface area is 164 Å². The first-order chi connectivity index (χ1) is 13.5. The van der Waals surface area contributed by atoms with E-state index in [9.17, 15) is 14.4 Å². The molecule has 0 fully saturated rings. The van der Waals surface area contributed by atoms with Crippen LogP contribution >= 0.6 is 11.3 Å². The van der Waals surface area contributed by atoms with Crippen molar-refractivity contribution in [1.82, 2.24) is 4.98 Å². The van der Waals surface area contributed by atoms with Crippen LogP contribution in [0, 0.1) is 0 Å². The minimum Gasteiger partial charge on any atom is -0.452 e. The van der Waals surface area contributed by atoms with Gasteiger partial charge in [0.15, 0.2) is 11.7 Å². The van der Waals surface area contributed by atoms with Gasteiger partial charge in [-0.25, -0.2) is 9.78 Å². The zero-order valence-electron chi connectivity index (χ0n) is 14.9. The SMILES string of the molecule is CC(=O)Oc1ccccc1C(=O)OCC(=O)Nc1nc(-c2ccccc2)cs1. The summed E-state index contributed by atoms with van der Waals surface area (Å²) in [5, 5.41) is 4.82. The smallest absolute Gasteiger partial charge is 0.342 e. The van der Waals surface area contributed by atoms with Gasteiger partial charge < -0.3 is 9.47 Å². The summed E-state index contributed by atoms with van der Waals surface area (Å²) < 4.78 is 9.98. The maximum absolute atomic E-state index is 12.2. The van der Waals surface area contributed by atoms with Gasteiger partial charge in [-0.3, -0.25) is 14.9 Å². The topological polar surface area (TPSA) is 94.6 Å². The highest BCUT2D eigenvalue weighted by Gasteiger charge is 2.17. The number of thiazole rings is 1. The molecule has 0 spiro atoms. The van der Waals surface area contributed by atoms with Crippen molar-refractivity contribution in [2.45, 2.75) is 6.92 Å². The molecule has 8 heteroatoms. The van der Waals surface area contributed by atoms with Gasteiger partial charge in [0.1, 0.15) is 11.3 Å². The van der Waals surface area contributed by atoms with Crippen LogP contribution in [-0.2, 0) is 14.3 Å². The Kier molecular flexibility index (Phi) is 6.13. The van der Waals surface area contributed by atoms with Crippen LogP contribution in [0.1, 0.15) is 17.3 Å². The van der Waals surface area contributed by atoms with E-state index in [1.54, 1.807) is 12.1 Å². The van der Waals surface area contributed by atoms with E-state index in [4.69, 9.17) is 9.47 Å². The highest BCUT2D eigenvalue weighted by Crippen LogP contribution is 2.24. The molecule has 28 heavy (non-hydrogen) atoms. The average Bonchev–Trinajstić information content (AvgIpc) is 3.15. The number of nitrogens with one attached hydrogen (secondary N) is 1. The largest absolute Gasteiger partial charge is 0.452 e. The van der Waals surface area contributed by atoms with E-state index in [0.29, 0.717) is 5.13 Å². The van der Waals surface area contributed by atoms with E-state index in [1.807, 2.05) is 35.7 Å². The van der Waals surface area contributed by atoms with Gasteiger partial charge in [-0.05, 0) is 12.1 Å². The number of ether oxygens (including phenoxy) is 2. The maximum Gasteiger partial charge on any atom is 0.342 e. The molecular formula is C20H16N2O5S. The Morgan fingerprint density at radius 2 is 1.75 bits per heavy atom. The predicted molar refractivity (Wildman–Crippen MR) is 104 cm³/mol. The first-order valence-corrected chi connectivity index (χ1v) is 9.16. The van der Waals surface area contributed by atoms with Crippen LogP contribution < -0.4 is 10.1 Å². The molecule has 0 radical (unpaired) electrons. The quantitative estimate of drug-likeness (QED) is 0.506. The second kappa shape index (κ2) is 8.92. The van der Waals surface area contributed by atoms with Crippen LogP contribution in [0.25, 0.3) is 11.3 Å². The van der Waals surface area contributed by atoms with Crippen LogP contribution in [0.5, 0.6) is 5.75 Å². The summed E-state index contributed by atoms with van der Waals surface area (Å²) in [7, 11) is 0. The first kappa shape index (κ1) is 19.2. The number of carbonyl (C=O) groups excluding carboxylic acids is 3. The van der Waals surface area contributed by atoms with Crippen molar-refractivity contribution in [2.75, 3.05) is 11.9 Å². The molecule has 1 heterocycles. The van der Waals surface area contributed by atoms with Gasteiger partial charge in [0.05, 0.1) is 5.69 Å². The number of nitrogens with zero attached hydrogens (tertiary/aromatic N) is 1. The number of benzene rings is 2. The van der Waals surface area contributed by atoms with Gasteiger partial charge in [-0.2, -0.15) is 0 Å². The van der Waals surface area contributed by atoms with Gasteiger partial charge in [0.2, 0.25) is 0 Å². The normalized spacial score (nSPS) is 10.2. The van der Waals surface area contributed by atoms with E-state index < -0.39 is 24.5 Å². The molecule has 3 rings (SSSR count). The Morgan fingerprint density at radius 3 is 2.50 bits per heavy atom. The van der Waals surface area contributed by atoms with Gasteiger partial charge >= 0.3 is 11.9 Å². The lowest BCUT2D eigenvalue weighted by Gasteiger charge is -2.08. The summed E-state index contributed by atoms with van der Waals surface area (Å²) in [5.41, 5.74) is 1.74. The number of amides is 1. The highest BCUT2D eigenvalue weighted by molar-refractivity contribution is 7.14. The lowest BCUT2D eigenvalue weighted by molar-refractivity contribution is -0.132. The van der Waals surface area contributed by atoms with Crippen LogP contribution in [0.3, 0.4) is 0 Å². The molecule has 1 aromatic heterocycles. The van der Waals surface area contributed by atoms with Crippen molar-refractivity contribution in [3.8, 4) is 17.0 Å². The summed E-state index contributed by atoms with van der Waals surface area (Å²) >= 11 is 1.27. The maximum atomic E-state index is 12.2. The summed E-state index contributed by atoms with van der Waals surface area (Å²) in [4.78, 5) is 39.7. The Hall–Kier alpha value is -3.52.